The highest BCUT2D eigenvalue weighted by Crippen LogP contribution is 2.05. The first kappa shape index (κ1) is 10.3. The van der Waals surface area contributed by atoms with Crippen LogP contribution in [0.15, 0.2) is 16.7 Å². The van der Waals surface area contributed by atoms with Gasteiger partial charge in [0.15, 0.2) is 0 Å². The van der Waals surface area contributed by atoms with Crippen molar-refractivity contribution >= 4 is 0 Å². The van der Waals surface area contributed by atoms with Gasteiger partial charge in [0.05, 0.1) is 6.26 Å². The maximum absolute atomic E-state index is 5.44. The first-order valence-corrected chi connectivity index (χ1v) is 4.70. The van der Waals surface area contributed by atoms with E-state index >= 15 is 0 Å². The van der Waals surface area contributed by atoms with Crippen LogP contribution in [0.25, 0.3) is 0 Å². The van der Waals surface area contributed by atoms with E-state index in [1.165, 1.54) is 5.56 Å². The fourth-order valence-electron chi connectivity index (χ4n) is 1.23. The normalized spacial score (nSPS) is 13.2. The zero-order valence-corrected chi connectivity index (χ0v) is 8.34. The lowest BCUT2D eigenvalue weighted by Gasteiger charge is -2.10. The maximum atomic E-state index is 5.44. The average Bonchev–Trinajstić information content (AvgIpc) is 2.49. The van der Waals surface area contributed by atoms with Crippen LogP contribution in [-0.2, 0) is 6.54 Å². The molecule has 1 aromatic rings. The fraction of sp³-hybridized carbons (Fsp3) is 0.600. The van der Waals surface area contributed by atoms with E-state index in [1.807, 2.05) is 13.0 Å². The lowest BCUT2D eigenvalue weighted by atomic mass is 10.2. The van der Waals surface area contributed by atoms with Gasteiger partial charge in [-0.05, 0) is 32.9 Å². The summed E-state index contributed by atoms with van der Waals surface area (Å²) in [7, 11) is 0. The Kier molecular flexibility index (Phi) is 3.99. The first-order valence-electron chi connectivity index (χ1n) is 4.70. The summed E-state index contributed by atoms with van der Waals surface area (Å²) in [6.45, 7) is 5.68. The second-order valence-corrected chi connectivity index (χ2v) is 3.42. The number of hydrogen-bond donors (Lipinski definition) is 2. The largest absolute Gasteiger partial charge is 0.469 e. The molecule has 0 spiro atoms. The predicted molar refractivity (Wildman–Crippen MR) is 53.4 cm³/mol. The Morgan fingerprint density at radius 1 is 1.62 bits per heavy atom. The second kappa shape index (κ2) is 5.04. The summed E-state index contributed by atoms with van der Waals surface area (Å²) in [5, 5.41) is 3.37. The van der Waals surface area contributed by atoms with Crippen LogP contribution in [-0.4, -0.2) is 12.6 Å². The van der Waals surface area contributed by atoms with Gasteiger partial charge < -0.3 is 15.5 Å². The Bertz CT molecular complexity index is 245. The number of nitrogens with one attached hydrogen (secondary N) is 1. The van der Waals surface area contributed by atoms with E-state index in [0.717, 1.165) is 25.3 Å². The molecule has 1 unspecified atom stereocenters. The van der Waals surface area contributed by atoms with E-state index in [1.54, 1.807) is 6.26 Å². The third-order valence-electron chi connectivity index (χ3n) is 2.04. The minimum absolute atomic E-state index is 0.472. The molecule has 0 amide bonds. The standard InChI is InChI=1S/C10H18N2O/c1-8(3-4-11)12-6-10-5-9(2)13-7-10/h5,7-8,12H,3-4,6,11H2,1-2H3. The van der Waals surface area contributed by atoms with E-state index in [2.05, 4.69) is 12.2 Å². The van der Waals surface area contributed by atoms with Gasteiger partial charge in [-0.3, -0.25) is 0 Å². The third kappa shape index (κ3) is 3.61. The van der Waals surface area contributed by atoms with Gasteiger partial charge in [0.1, 0.15) is 5.76 Å². The summed E-state index contributed by atoms with van der Waals surface area (Å²) in [6.07, 6.45) is 2.80. The van der Waals surface area contributed by atoms with Crippen LogP contribution in [0, 0.1) is 6.92 Å². The molecular weight excluding hydrogens is 164 g/mol. The van der Waals surface area contributed by atoms with Crippen molar-refractivity contribution < 1.29 is 4.42 Å². The smallest absolute Gasteiger partial charge is 0.101 e. The van der Waals surface area contributed by atoms with Crippen LogP contribution >= 0.6 is 0 Å². The van der Waals surface area contributed by atoms with Gasteiger partial charge in [0, 0.05) is 18.2 Å². The van der Waals surface area contributed by atoms with Crippen molar-refractivity contribution in [1.82, 2.24) is 5.32 Å². The number of nitrogens with two attached hydrogens (primary N) is 1. The number of hydrogen-bond acceptors (Lipinski definition) is 3. The zero-order valence-electron chi connectivity index (χ0n) is 8.34. The van der Waals surface area contributed by atoms with Crippen LogP contribution in [0.3, 0.4) is 0 Å². The van der Waals surface area contributed by atoms with Crippen molar-refractivity contribution in [3.63, 3.8) is 0 Å². The van der Waals surface area contributed by atoms with E-state index < -0.39 is 0 Å². The summed E-state index contributed by atoms with van der Waals surface area (Å²) >= 11 is 0. The lowest BCUT2D eigenvalue weighted by Crippen LogP contribution is -2.27. The Balaban J connectivity index is 2.26. The molecule has 1 heterocycles. The highest BCUT2D eigenvalue weighted by atomic mass is 16.3. The lowest BCUT2D eigenvalue weighted by molar-refractivity contribution is 0.508. The average molecular weight is 182 g/mol. The summed E-state index contributed by atoms with van der Waals surface area (Å²) in [5.74, 6) is 0.961. The highest BCUT2D eigenvalue weighted by molar-refractivity contribution is 5.11. The second-order valence-electron chi connectivity index (χ2n) is 3.42. The molecule has 13 heavy (non-hydrogen) atoms. The molecule has 1 aromatic heterocycles. The number of furan rings is 1. The molecule has 0 bridgehead atoms. The van der Waals surface area contributed by atoms with Crippen molar-refractivity contribution in [3.8, 4) is 0 Å². The van der Waals surface area contributed by atoms with Crippen LogP contribution in [0.5, 0.6) is 0 Å². The van der Waals surface area contributed by atoms with Gasteiger partial charge in [0.25, 0.3) is 0 Å². The fourth-order valence-corrected chi connectivity index (χ4v) is 1.23. The molecule has 0 saturated carbocycles. The van der Waals surface area contributed by atoms with Crippen molar-refractivity contribution in [2.45, 2.75) is 32.9 Å². The number of rotatable bonds is 5. The molecule has 3 heteroatoms. The first-order chi connectivity index (χ1) is 6.22. The van der Waals surface area contributed by atoms with Gasteiger partial charge in [-0.2, -0.15) is 0 Å². The van der Waals surface area contributed by atoms with E-state index in [0.29, 0.717) is 6.04 Å². The van der Waals surface area contributed by atoms with E-state index in [4.69, 9.17) is 10.2 Å². The van der Waals surface area contributed by atoms with Crippen molar-refractivity contribution in [3.05, 3.63) is 23.7 Å². The monoisotopic (exact) mass is 182 g/mol. The molecule has 0 aliphatic rings. The summed E-state index contributed by atoms with van der Waals surface area (Å²) in [6, 6.07) is 2.52. The van der Waals surface area contributed by atoms with Gasteiger partial charge in [-0.25, -0.2) is 0 Å². The summed E-state index contributed by atoms with van der Waals surface area (Å²) < 4.78 is 5.19. The molecule has 0 saturated heterocycles. The minimum atomic E-state index is 0.472. The topological polar surface area (TPSA) is 51.2 Å². The van der Waals surface area contributed by atoms with Gasteiger partial charge in [0.2, 0.25) is 0 Å². The highest BCUT2D eigenvalue weighted by Gasteiger charge is 2.01. The molecule has 1 atom stereocenters. The molecule has 1 rings (SSSR count). The SMILES string of the molecule is Cc1cc(CNC(C)CCN)co1. The number of aryl methyl sites for hydroxylation is 1. The Labute approximate surface area is 79.3 Å². The molecule has 0 radical (unpaired) electrons. The summed E-state index contributed by atoms with van der Waals surface area (Å²) in [4.78, 5) is 0. The molecule has 3 nitrogen and oxygen atoms in total. The molecule has 0 aromatic carbocycles. The molecule has 3 N–H and O–H groups in total. The van der Waals surface area contributed by atoms with Crippen molar-refractivity contribution in [2.24, 2.45) is 5.73 Å². The van der Waals surface area contributed by atoms with E-state index in [9.17, 15) is 0 Å². The Morgan fingerprint density at radius 2 is 2.38 bits per heavy atom. The third-order valence-corrected chi connectivity index (χ3v) is 2.04. The van der Waals surface area contributed by atoms with Crippen LogP contribution < -0.4 is 11.1 Å². The van der Waals surface area contributed by atoms with Gasteiger partial charge in [-0.1, -0.05) is 0 Å². The predicted octanol–water partition coefficient (Wildman–Crippen LogP) is 1.41. The zero-order chi connectivity index (χ0) is 9.68. The van der Waals surface area contributed by atoms with Gasteiger partial charge >= 0.3 is 0 Å². The Morgan fingerprint density at radius 3 is 2.92 bits per heavy atom. The minimum Gasteiger partial charge on any atom is -0.469 e. The molecular formula is C10H18N2O. The van der Waals surface area contributed by atoms with Crippen LogP contribution in [0.1, 0.15) is 24.7 Å². The Hall–Kier alpha value is -0.800. The quantitative estimate of drug-likeness (QED) is 0.724. The van der Waals surface area contributed by atoms with E-state index in [-0.39, 0.29) is 0 Å². The van der Waals surface area contributed by atoms with Crippen LogP contribution in [0.4, 0.5) is 0 Å². The van der Waals surface area contributed by atoms with Crippen molar-refractivity contribution in [1.29, 1.82) is 0 Å². The summed E-state index contributed by atoms with van der Waals surface area (Å²) in [5.41, 5.74) is 6.64. The molecule has 0 aliphatic heterocycles. The molecule has 74 valence electrons. The maximum Gasteiger partial charge on any atom is 0.101 e. The van der Waals surface area contributed by atoms with Crippen LogP contribution in [0.2, 0.25) is 0 Å². The molecule has 0 aliphatic carbocycles. The van der Waals surface area contributed by atoms with Gasteiger partial charge in [-0.15, -0.1) is 0 Å². The van der Waals surface area contributed by atoms with Crippen molar-refractivity contribution in [2.75, 3.05) is 6.54 Å². The molecule has 0 fully saturated rings.